The Morgan fingerprint density at radius 2 is 2.07 bits per heavy atom. The smallest absolute Gasteiger partial charge is 0.223 e. The summed E-state index contributed by atoms with van der Waals surface area (Å²) in [5.74, 6) is 0.552. The third-order valence-electron chi connectivity index (χ3n) is 2.94. The van der Waals surface area contributed by atoms with E-state index in [1.54, 1.807) is 0 Å². The number of unbranched alkanes of at least 4 members (excludes halogenated alkanes) is 2. The van der Waals surface area contributed by atoms with Gasteiger partial charge in [0.1, 0.15) is 0 Å². The van der Waals surface area contributed by atoms with Crippen molar-refractivity contribution in [2.45, 2.75) is 39.5 Å². The average Bonchev–Trinajstić information content (AvgIpc) is 2.75. The average molecular weight is 309 g/mol. The molecule has 2 nitrogen and oxygen atoms in total. The molecule has 1 aliphatic carbocycles. The van der Waals surface area contributed by atoms with Gasteiger partial charge in [0.15, 0.2) is 0 Å². The Bertz CT molecular complexity index is 203. The largest absolute Gasteiger partial charge is 0.356 e. The van der Waals surface area contributed by atoms with Gasteiger partial charge in [-0.3, -0.25) is 4.79 Å². The zero-order valence-electron chi connectivity index (χ0n) is 9.11. The summed E-state index contributed by atoms with van der Waals surface area (Å²) in [5.41, 5.74) is 0.270. The monoisotopic (exact) mass is 309 g/mol. The second kappa shape index (κ2) is 5.33. The van der Waals surface area contributed by atoms with Crippen LogP contribution in [0.1, 0.15) is 39.5 Å². The van der Waals surface area contributed by atoms with Crippen molar-refractivity contribution in [1.29, 1.82) is 0 Å². The Morgan fingerprint density at radius 1 is 1.43 bits per heavy atom. The van der Waals surface area contributed by atoms with Gasteiger partial charge in [-0.1, -0.05) is 42.9 Å². The number of carbonyl (C=O) groups is 1. The first-order valence-electron chi connectivity index (χ1n) is 5.41. The molecule has 0 saturated heterocycles. The molecule has 0 spiro atoms. The molecule has 0 radical (unpaired) electrons. The molecular weight excluding hydrogens is 289 g/mol. The van der Waals surface area contributed by atoms with Crippen molar-refractivity contribution < 1.29 is 4.79 Å². The topological polar surface area (TPSA) is 29.1 Å². The second-order valence-corrected chi connectivity index (χ2v) is 5.86. The van der Waals surface area contributed by atoms with Crippen LogP contribution in [0.15, 0.2) is 0 Å². The molecule has 82 valence electrons. The van der Waals surface area contributed by atoms with Crippen molar-refractivity contribution in [2.24, 2.45) is 11.3 Å². The normalized spacial score (nSPS) is 23.2. The molecular formula is C11H20INO. The van der Waals surface area contributed by atoms with E-state index in [4.69, 9.17) is 0 Å². The molecule has 0 aromatic rings. The van der Waals surface area contributed by atoms with Crippen molar-refractivity contribution >= 4 is 28.5 Å². The van der Waals surface area contributed by atoms with Gasteiger partial charge in [0.25, 0.3) is 0 Å². The molecule has 0 aromatic heterocycles. The van der Waals surface area contributed by atoms with E-state index in [1.165, 1.54) is 17.3 Å². The van der Waals surface area contributed by atoms with E-state index >= 15 is 0 Å². The first kappa shape index (κ1) is 12.3. The van der Waals surface area contributed by atoms with Crippen LogP contribution in [-0.4, -0.2) is 16.9 Å². The Morgan fingerprint density at radius 3 is 2.57 bits per heavy atom. The maximum Gasteiger partial charge on any atom is 0.223 e. The minimum atomic E-state index is 0.268. The third-order valence-corrected chi connectivity index (χ3v) is 3.70. The van der Waals surface area contributed by atoms with Crippen molar-refractivity contribution in [1.82, 2.24) is 5.32 Å². The molecule has 1 rings (SSSR count). The van der Waals surface area contributed by atoms with Crippen LogP contribution in [-0.2, 0) is 4.79 Å². The summed E-state index contributed by atoms with van der Waals surface area (Å²) in [7, 11) is 0. The molecule has 3 heteroatoms. The van der Waals surface area contributed by atoms with Gasteiger partial charge in [-0.15, -0.1) is 0 Å². The highest BCUT2D eigenvalue weighted by Crippen LogP contribution is 2.51. The lowest BCUT2D eigenvalue weighted by Gasteiger charge is -2.05. The van der Waals surface area contributed by atoms with Gasteiger partial charge in [0.05, 0.1) is 0 Å². The van der Waals surface area contributed by atoms with E-state index in [1.807, 2.05) is 0 Å². The quantitative estimate of drug-likeness (QED) is 0.456. The molecule has 1 saturated carbocycles. The summed E-state index contributed by atoms with van der Waals surface area (Å²) < 4.78 is 1.22. The lowest BCUT2D eigenvalue weighted by molar-refractivity contribution is -0.122. The highest BCUT2D eigenvalue weighted by Gasteiger charge is 2.50. The Balaban J connectivity index is 2.00. The summed E-state index contributed by atoms with van der Waals surface area (Å²) in [5, 5.41) is 3.02. The van der Waals surface area contributed by atoms with E-state index in [2.05, 4.69) is 41.8 Å². The van der Waals surface area contributed by atoms with E-state index in [0.29, 0.717) is 0 Å². The number of rotatable bonds is 6. The van der Waals surface area contributed by atoms with Crippen molar-refractivity contribution in [2.75, 3.05) is 11.0 Å². The molecule has 0 heterocycles. The molecule has 1 atom stereocenters. The van der Waals surface area contributed by atoms with Crippen LogP contribution in [0.25, 0.3) is 0 Å². The van der Waals surface area contributed by atoms with Crippen LogP contribution in [0.4, 0.5) is 0 Å². The highest BCUT2D eigenvalue weighted by atomic mass is 127. The second-order valence-electron chi connectivity index (χ2n) is 4.79. The first-order chi connectivity index (χ1) is 6.58. The zero-order valence-corrected chi connectivity index (χ0v) is 11.3. The number of halogens is 1. The Hall–Kier alpha value is 0.200. The van der Waals surface area contributed by atoms with Gasteiger partial charge >= 0.3 is 0 Å². The summed E-state index contributed by atoms with van der Waals surface area (Å²) in [4.78, 5) is 11.5. The van der Waals surface area contributed by atoms with Crippen molar-refractivity contribution in [3.05, 3.63) is 0 Å². The minimum absolute atomic E-state index is 0.268. The van der Waals surface area contributed by atoms with Crippen LogP contribution in [0.3, 0.4) is 0 Å². The van der Waals surface area contributed by atoms with Gasteiger partial charge in [0.2, 0.25) is 5.91 Å². The minimum Gasteiger partial charge on any atom is -0.356 e. The van der Waals surface area contributed by atoms with Crippen LogP contribution >= 0.6 is 22.6 Å². The SMILES string of the molecule is CC1(C)CC1C(=O)NCCCCCI. The molecule has 1 N–H and O–H groups in total. The van der Waals surface area contributed by atoms with Gasteiger partial charge in [-0.2, -0.15) is 0 Å². The fraction of sp³-hybridized carbons (Fsp3) is 0.909. The summed E-state index contributed by atoms with van der Waals surface area (Å²) in [6, 6.07) is 0. The molecule has 14 heavy (non-hydrogen) atoms. The fourth-order valence-corrected chi connectivity index (χ4v) is 2.19. The highest BCUT2D eigenvalue weighted by molar-refractivity contribution is 14.1. The molecule has 0 bridgehead atoms. The summed E-state index contributed by atoms with van der Waals surface area (Å²) in [6.45, 7) is 5.18. The first-order valence-corrected chi connectivity index (χ1v) is 6.94. The van der Waals surface area contributed by atoms with Crippen LogP contribution < -0.4 is 5.32 Å². The van der Waals surface area contributed by atoms with E-state index < -0.39 is 0 Å². The number of alkyl halides is 1. The number of hydrogen-bond acceptors (Lipinski definition) is 1. The lowest BCUT2D eigenvalue weighted by atomic mass is 10.1. The predicted octanol–water partition coefficient (Wildman–Crippen LogP) is 2.75. The lowest BCUT2D eigenvalue weighted by Crippen LogP contribution is -2.27. The van der Waals surface area contributed by atoms with Gasteiger partial charge < -0.3 is 5.32 Å². The maximum atomic E-state index is 11.5. The summed E-state index contributed by atoms with van der Waals surface area (Å²) >= 11 is 2.39. The fourth-order valence-electron chi connectivity index (χ4n) is 1.65. The van der Waals surface area contributed by atoms with Crippen LogP contribution in [0.2, 0.25) is 0 Å². The molecule has 1 aliphatic rings. The van der Waals surface area contributed by atoms with E-state index in [9.17, 15) is 4.79 Å². The van der Waals surface area contributed by atoms with Gasteiger partial charge in [0, 0.05) is 12.5 Å². The summed E-state index contributed by atoms with van der Waals surface area (Å²) in [6.07, 6.45) is 4.69. The molecule has 1 amide bonds. The molecule has 0 aromatic carbocycles. The standard InChI is InChI=1S/C11H20INO/c1-11(2)8-9(11)10(14)13-7-5-3-4-6-12/h9H,3-8H2,1-2H3,(H,13,14). The number of nitrogens with one attached hydrogen (secondary N) is 1. The van der Waals surface area contributed by atoms with Gasteiger partial charge in [-0.05, 0) is 29.1 Å². The molecule has 1 unspecified atom stereocenters. The van der Waals surface area contributed by atoms with E-state index in [-0.39, 0.29) is 17.2 Å². The number of hydrogen-bond donors (Lipinski definition) is 1. The van der Waals surface area contributed by atoms with Crippen LogP contribution in [0, 0.1) is 11.3 Å². The zero-order chi connectivity index (χ0) is 10.6. The maximum absolute atomic E-state index is 11.5. The Labute approximate surface area is 100 Å². The van der Waals surface area contributed by atoms with Crippen molar-refractivity contribution in [3.63, 3.8) is 0 Å². The third kappa shape index (κ3) is 3.75. The van der Waals surface area contributed by atoms with E-state index in [0.717, 1.165) is 19.4 Å². The molecule has 1 fully saturated rings. The van der Waals surface area contributed by atoms with Crippen molar-refractivity contribution in [3.8, 4) is 0 Å². The number of carbonyl (C=O) groups excluding carboxylic acids is 1. The predicted molar refractivity (Wildman–Crippen MR) is 67.6 cm³/mol. The Kier molecular flexibility index (Phi) is 4.67. The van der Waals surface area contributed by atoms with Crippen LogP contribution in [0.5, 0.6) is 0 Å². The number of amides is 1. The molecule has 0 aliphatic heterocycles. The van der Waals surface area contributed by atoms with Gasteiger partial charge in [-0.25, -0.2) is 0 Å².